The first-order valence-electron chi connectivity index (χ1n) is 7.04. The number of hydrogen-bond donors (Lipinski definition) is 1. The first kappa shape index (κ1) is 15.3. The molecule has 0 saturated heterocycles. The van der Waals surface area contributed by atoms with Gasteiger partial charge < -0.3 is 10.2 Å². The second-order valence-electron chi connectivity index (χ2n) is 5.34. The minimum Gasteiger partial charge on any atom is -0.353 e. The Kier molecular flexibility index (Phi) is 5.11. The lowest BCUT2D eigenvalue weighted by atomic mass is 10.0. The van der Waals surface area contributed by atoms with Crippen molar-refractivity contribution >= 4 is 5.91 Å². The Morgan fingerprint density at radius 1 is 1.33 bits per heavy atom. The number of benzene rings is 1. The summed E-state index contributed by atoms with van der Waals surface area (Å²) in [6.07, 6.45) is 3.45. The van der Waals surface area contributed by atoms with E-state index in [1.807, 2.05) is 32.3 Å². The maximum Gasteiger partial charge on any atom is 0.241 e. The molecular formula is C16H22N4O. The van der Waals surface area contributed by atoms with Crippen LogP contribution in [0.4, 0.5) is 0 Å². The fourth-order valence-electron chi connectivity index (χ4n) is 2.34. The van der Waals surface area contributed by atoms with Crippen LogP contribution in [0.5, 0.6) is 0 Å². The molecule has 0 bridgehead atoms. The number of amides is 1. The standard InChI is InChI=1S/C16H22N4O/c1-13-7-4-5-8-14(13)15(19(2)3)11-17-16(21)12-20-10-6-9-18-20/h4-10,15H,11-12H2,1-3H3,(H,17,21)/t15-/m0/s1. The molecule has 2 rings (SSSR count). The van der Waals surface area contributed by atoms with E-state index in [2.05, 4.69) is 34.4 Å². The van der Waals surface area contributed by atoms with Crippen molar-refractivity contribution in [1.82, 2.24) is 20.0 Å². The molecule has 1 heterocycles. The molecule has 0 fully saturated rings. The summed E-state index contributed by atoms with van der Waals surface area (Å²) in [6.45, 7) is 2.93. The Labute approximate surface area is 125 Å². The second kappa shape index (κ2) is 7.04. The van der Waals surface area contributed by atoms with Gasteiger partial charge in [-0.15, -0.1) is 0 Å². The molecule has 1 aromatic carbocycles. The van der Waals surface area contributed by atoms with Crippen LogP contribution in [0.25, 0.3) is 0 Å². The summed E-state index contributed by atoms with van der Waals surface area (Å²) < 4.78 is 1.62. The van der Waals surface area contributed by atoms with E-state index in [-0.39, 0.29) is 18.5 Å². The zero-order valence-corrected chi connectivity index (χ0v) is 12.8. The average Bonchev–Trinajstić information content (AvgIpc) is 2.93. The number of nitrogens with zero attached hydrogens (tertiary/aromatic N) is 3. The monoisotopic (exact) mass is 286 g/mol. The highest BCUT2D eigenvalue weighted by Crippen LogP contribution is 2.20. The third-order valence-electron chi connectivity index (χ3n) is 3.53. The van der Waals surface area contributed by atoms with Crippen molar-refractivity contribution in [2.75, 3.05) is 20.6 Å². The van der Waals surface area contributed by atoms with E-state index in [0.717, 1.165) is 0 Å². The predicted octanol–water partition coefficient (Wildman–Crippen LogP) is 1.61. The molecule has 5 nitrogen and oxygen atoms in total. The van der Waals surface area contributed by atoms with Crippen molar-refractivity contribution < 1.29 is 4.79 Å². The van der Waals surface area contributed by atoms with Crippen LogP contribution in [0.2, 0.25) is 0 Å². The summed E-state index contributed by atoms with van der Waals surface area (Å²) in [7, 11) is 4.05. The molecular weight excluding hydrogens is 264 g/mol. The van der Waals surface area contributed by atoms with Crippen LogP contribution in [0.1, 0.15) is 17.2 Å². The Hall–Kier alpha value is -2.14. The Bertz CT molecular complexity index is 578. The first-order chi connectivity index (χ1) is 10.1. The van der Waals surface area contributed by atoms with E-state index in [1.54, 1.807) is 17.1 Å². The lowest BCUT2D eigenvalue weighted by molar-refractivity contribution is -0.122. The third kappa shape index (κ3) is 4.16. The molecule has 112 valence electrons. The van der Waals surface area contributed by atoms with Gasteiger partial charge in [-0.25, -0.2) is 0 Å². The number of aryl methyl sites for hydroxylation is 1. The molecule has 1 aromatic heterocycles. The van der Waals surface area contributed by atoms with Crippen LogP contribution in [-0.4, -0.2) is 41.2 Å². The number of carbonyl (C=O) groups excluding carboxylic acids is 1. The van der Waals surface area contributed by atoms with Gasteiger partial charge >= 0.3 is 0 Å². The minimum atomic E-state index is -0.0286. The van der Waals surface area contributed by atoms with E-state index in [4.69, 9.17) is 0 Å². The van der Waals surface area contributed by atoms with Crippen molar-refractivity contribution in [3.8, 4) is 0 Å². The Morgan fingerprint density at radius 3 is 2.71 bits per heavy atom. The minimum absolute atomic E-state index is 0.0286. The zero-order chi connectivity index (χ0) is 15.2. The van der Waals surface area contributed by atoms with Crippen molar-refractivity contribution in [3.63, 3.8) is 0 Å². The van der Waals surface area contributed by atoms with Crippen LogP contribution in [-0.2, 0) is 11.3 Å². The van der Waals surface area contributed by atoms with Crippen molar-refractivity contribution in [2.24, 2.45) is 0 Å². The number of carbonyl (C=O) groups is 1. The van der Waals surface area contributed by atoms with E-state index in [0.29, 0.717) is 6.54 Å². The molecule has 5 heteroatoms. The number of hydrogen-bond acceptors (Lipinski definition) is 3. The fraction of sp³-hybridized carbons (Fsp3) is 0.375. The lowest BCUT2D eigenvalue weighted by Gasteiger charge is -2.26. The van der Waals surface area contributed by atoms with Crippen LogP contribution >= 0.6 is 0 Å². The van der Waals surface area contributed by atoms with Crippen molar-refractivity contribution in [3.05, 3.63) is 53.9 Å². The normalized spacial score (nSPS) is 12.4. The number of aromatic nitrogens is 2. The molecule has 1 N–H and O–H groups in total. The molecule has 21 heavy (non-hydrogen) atoms. The summed E-state index contributed by atoms with van der Waals surface area (Å²) in [4.78, 5) is 14.1. The summed E-state index contributed by atoms with van der Waals surface area (Å²) in [6, 6.07) is 10.2. The lowest BCUT2D eigenvalue weighted by Crippen LogP contribution is -2.36. The van der Waals surface area contributed by atoms with Gasteiger partial charge in [0.15, 0.2) is 0 Å². The number of rotatable bonds is 6. The van der Waals surface area contributed by atoms with Gasteiger partial charge in [-0.2, -0.15) is 5.10 Å². The van der Waals surface area contributed by atoms with Gasteiger partial charge in [0.25, 0.3) is 0 Å². The summed E-state index contributed by atoms with van der Waals surface area (Å²) in [5.41, 5.74) is 2.47. The van der Waals surface area contributed by atoms with Crippen LogP contribution in [0.15, 0.2) is 42.7 Å². The van der Waals surface area contributed by atoms with Gasteiger partial charge in [-0.1, -0.05) is 24.3 Å². The SMILES string of the molecule is Cc1ccccc1[C@H](CNC(=O)Cn1cccn1)N(C)C. The molecule has 2 aromatic rings. The third-order valence-corrected chi connectivity index (χ3v) is 3.53. The highest BCUT2D eigenvalue weighted by Gasteiger charge is 2.16. The van der Waals surface area contributed by atoms with Crippen molar-refractivity contribution in [2.45, 2.75) is 19.5 Å². The fourth-order valence-corrected chi connectivity index (χ4v) is 2.34. The van der Waals surface area contributed by atoms with Crippen LogP contribution in [0, 0.1) is 6.92 Å². The molecule has 0 aliphatic heterocycles. The Morgan fingerprint density at radius 2 is 2.10 bits per heavy atom. The number of nitrogens with one attached hydrogen (secondary N) is 1. The maximum absolute atomic E-state index is 12.0. The molecule has 0 unspecified atom stereocenters. The first-order valence-corrected chi connectivity index (χ1v) is 7.04. The van der Waals surface area contributed by atoms with E-state index in [1.165, 1.54) is 11.1 Å². The van der Waals surface area contributed by atoms with Crippen molar-refractivity contribution in [1.29, 1.82) is 0 Å². The van der Waals surface area contributed by atoms with Crippen LogP contribution < -0.4 is 5.32 Å². The quantitative estimate of drug-likeness (QED) is 0.878. The van der Waals surface area contributed by atoms with Crippen LogP contribution in [0.3, 0.4) is 0 Å². The molecule has 0 saturated carbocycles. The smallest absolute Gasteiger partial charge is 0.241 e. The number of likely N-dealkylation sites (N-methyl/N-ethyl adjacent to an activating group) is 1. The molecule has 0 radical (unpaired) electrons. The van der Waals surface area contributed by atoms with Gasteiger partial charge in [0.1, 0.15) is 6.54 Å². The molecule has 0 spiro atoms. The van der Waals surface area contributed by atoms with Gasteiger partial charge in [0.05, 0.1) is 6.04 Å². The van der Waals surface area contributed by atoms with E-state index >= 15 is 0 Å². The van der Waals surface area contributed by atoms with E-state index in [9.17, 15) is 4.79 Å². The van der Waals surface area contributed by atoms with Gasteiger partial charge in [0.2, 0.25) is 5.91 Å². The maximum atomic E-state index is 12.0. The predicted molar refractivity (Wildman–Crippen MR) is 82.8 cm³/mol. The highest BCUT2D eigenvalue weighted by molar-refractivity contribution is 5.75. The topological polar surface area (TPSA) is 50.2 Å². The van der Waals surface area contributed by atoms with Gasteiger partial charge in [-0.05, 0) is 38.2 Å². The van der Waals surface area contributed by atoms with Gasteiger partial charge in [0, 0.05) is 18.9 Å². The highest BCUT2D eigenvalue weighted by atomic mass is 16.2. The molecule has 0 aliphatic rings. The molecule has 1 amide bonds. The second-order valence-corrected chi connectivity index (χ2v) is 5.34. The summed E-state index contributed by atoms with van der Waals surface area (Å²) in [5, 5.41) is 7.02. The summed E-state index contributed by atoms with van der Waals surface area (Å²) >= 11 is 0. The average molecular weight is 286 g/mol. The zero-order valence-electron chi connectivity index (χ0n) is 12.8. The molecule has 0 aliphatic carbocycles. The van der Waals surface area contributed by atoms with E-state index < -0.39 is 0 Å². The molecule has 1 atom stereocenters. The Balaban J connectivity index is 1.98. The largest absolute Gasteiger partial charge is 0.353 e. The summed E-state index contributed by atoms with van der Waals surface area (Å²) in [5.74, 6) is -0.0286. The van der Waals surface area contributed by atoms with Gasteiger partial charge in [-0.3, -0.25) is 9.48 Å².